The van der Waals surface area contributed by atoms with Gasteiger partial charge in [0.25, 0.3) is 5.56 Å². The molecule has 4 rings (SSSR count). The third-order valence-corrected chi connectivity index (χ3v) is 5.08. The summed E-state index contributed by atoms with van der Waals surface area (Å²) < 4.78 is 3.15. The molecule has 1 aliphatic heterocycles. The van der Waals surface area contributed by atoms with E-state index in [0.717, 1.165) is 48.6 Å². The number of hydrogen-bond donors (Lipinski definition) is 1. The van der Waals surface area contributed by atoms with Crippen molar-refractivity contribution >= 4 is 22.7 Å². The molecule has 1 fully saturated rings. The molecule has 1 atom stereocenters. The van der Waals surface area contributed by atoms with Crippen LogP contribution in [0.2, 0.25) is 0 Å². The maximum atomic E-state index is 11.7. The largest absolute Gasteiger partial charge is 0.367 e. The van der Waals surface area contributed by atoms with E-state index in [-0.39, 0.29) is 11.6 Å². The van der Waals surface area contributed by atoms with Gasteiger partial charge < -0.3 is 10.2 Å². The zero-order chi connectivity index (χ0) is 19.0. The van der Waals surface area contributed by atoms with Gasteiger partial charge in [-0.2, -0.15) is 10.2 Å². The molecule has 1 unspecified atom stereocenters. The Morgan fingerprint density at radius 1 is 1.19 bits per heavy atom. The first-order valence-electron chi connectivity index (χ1n) is 9.24. The molecule has 0 spiro atoms. The fourth-order valence-corrected chi connectivity index (χ4v) is 3.64. The smallest absolute Gasteiger partial charge is 0.266 e. The highest BCUT2D eigenvalue weighted by molar-refractivity contribution is 5.86. The van der Waals surface area contributed by atoms with Gasteiger partial charge in [0.2, 0.25) is 0 Å². The molecule has 0 amide bonds. The van der Waals surface area contributed by atoms with Crippen LogP contribution in [0.1, 0.15) is 25.1 Å². The Kier molecular flexibility index (Phi) is 4.51. The van der Waals surface area contributed by atoms with E-state index in [1.165, 1.54) is 11.1 Å². The van der Waals surface area contributed by atoms with Crippen LogP contribution in [0.25, 0.3) is 11.0 Å². The molecule has 1 N–H and O–H groups in total. The van der Waals surface area contributed by atoms with Gasteiger partial charge in [0.15, 0.2) is 5.65 Å². The zero-order valence-electron chi connectivity index (χ0n) is 15.9. The van der Waals surface area contributed by atoms with Gasteiger partial charge in [0.05, 0.1) is 11.6 Å². The fraction of sp³-hybridized carbons (Fsp3) is 0.500. The van der Waals surface area contributed by atoms with Crippen LogP contribution in [0.3, 0.4) is 0 Å². The van der Waals surface area contributed by atoms with E-state index in [0.29, 0.717) is 5.82 Å². The molecule has 0 saturated carbocycles. The summed E-state index contributed by atoms with van der Waals surface area (Å²) in [7, 11) is 3.57. The predicted molar refractivity (Wildman–Crippen MR) is 104 cm³/mol. The number of aryl methyl sites for hydroxylation is 3. The highest BCUT2D eigenvalue weighted by Crippen LogP contribution is 2.24. The highest BCUT2D eigenvalue weighted by Gasteiger charge is 2.24. The average Bonchev–Trinajstić information content (AvgIpc) is 3.03. The van der Waals surface area contributed by atoms with Crippen molar-refractivity contribution in [2.75, 3.05) is 23.3 Å². The van der Waals surface area contributed by atoms with Gasteiger partial charge in [-0.25, -0.2) is 14.6 Å². The number of hydrogen-bond acceptors (Lipinski definition) is 7. The lowest BCUT2D eigenvalue weighted by Gasteiger charge is -2.36. The van der Waals surface area contributed by atoms with Crippen molar-refractivity contribution in [2.24, 2.45) is 14.1 Å². The molecule has 0 aromatic carbocycles. The third kappa shape index (κ3) is 3.36. The topological polar surface area (TPSA) is 93.8 Å². The maximum Gasteiger partial charge on any atom is 0.266 e. The Labute approximate surface area is 157 Å². The normalized spacial score (nSPS) is 17.4. The summed E-state index contributed by atoms with van der Waals surface area (Å²) in [4.78, 5) is 23.0. The number of anilines is 2. The molecule has 4 heterocycles. The van der Waals surface area contributed by atoms with Crippen molar-refractivity contribution in [1.82, 2.24) is 29.5 Å². The van der Waals surface area contributed by atoms with Crippen molar-refractivity contribution in [3.05, 3.63) is 34.5 Å². The minimum absolute atomic E-state index is 0.0964. The molecule has 27 heavy (non-hydrogen) atoms. The van der Waals surface area contributed by atoms with Crippen molar-refractivity contribution in [1.29, 1.82) is 0 Å². The lowest BCUT2D eigenvalue weighted by Crippen LogP contribution is -2.45. The number of rotatable bonds is 4. The Bertz CT molecular complexity index is 1020. The van der Waals surface area contributed by atoms with Gasteiger partial charge in [-0.15, -0.1) is 0 Å². The number of nitrogens with zero attached hydrogens (tertiary/aromatic N) is 7. The molecule has 3 aromatic rings. The van der Waals surface area contributed by atoms with E-state index in [4.69, 9.17) is 0 Å². The van der Waals surface area contributed by atoms with Crippen LogP contribution in [0.5, 0.6) is 0 Å². The van der Waals surface area contributed by atoms with E-state index in [1.807, 2.05) is 20.0 Å². The SMILES string of the molecule is Cc1nc(NCC2CCCCN2c2ccc(=O)n(C)n2)c2cnn(C)c2n1. The maximum absolute atomic E-state index is 11.7. The Balaban J connectivity index is 1.57. The molecule has 1 saturated heterocycles. The molecule has 0 radical (unpaired) electrons. The van der Waals surface area contributed by atoms with Crippen LogP contribution >= 0.6 is 0 Å². The molecule has 142 valence electrons. The Morgan fingerprint density at radius 2 is 2.04 bits per heavy atom. The fourth-order valence-electron chi connectivity index (χ4n) is 3.64. The molecular formula is C18H24N8O. The van der Waals surface area contributed by atoms with Crippen LogP contribution in [0, 0.1) is 6.92 Å². The van der Waals surface area contributed by atoms with Crippen molar-refractivity contribution in [3.8, 4) is 0 Å². The first-order valence-corrected chi connectivity index (χ1v) is 9.24. The van der Waals surface area contributed by atoms with E-state index in [2.05, 4.69) is 30.4 Å². The van der Waals surface area contributed by atoms with Crippen molar-refractivity contribution in [2.45, 2.75) is 32.2 Å². The van der Waals surface area contributed by atoms with Gasteiger partial charge in [-0.05, 0) is 32.3 Å². The summed E-state index contributed by atoms with van der Waals surface area (Å²) in [5, 5.41) is 13.1. The number of piperidine rings is 1. The number of fused-ring (bicyclic) bond motifs is 1. The summed E-state index contributed by atoms with van der Waals surface area (Å²) in [6.45, 7) is 3.56. The quantitative estimate of drug-likeness (QED) is 0.740. The van der Waals surface area contributed by atoms with E-state index < -0.39 is 0 Å². The monoisotopic (exact) mass is 368 g/mol. The zero-order valence-corrected chi connectivity index (χ0v) is 15.9. The molecular weight excluding hydrogens is 344 g/mol. The van der Waals surface area contributed by atoms with Crippen LogP contribution in [-0.2, 0) is 14.1 Å². The van der Waals surface area contributed by atoms with Crippen LogP contribution in [-0.4, -0.2) is 48.7 Å². The molecule has 9 heteroatoms. The second kappa shape index (κ2) is 6.98. The first-order chi connectivity index (χ1) is 13.0. The van der Waals surface area contributed by atoms with Crippen LogP contribution in [0.4, 0.5) is 11.6 Å². The third-order valence-electron chi connectivity index (χ3n) is 5.08. The van der Waals surface area contributed by atoms with Gasteiger partial charge in [0, 0.05) is 39.3 Å². The minimum Gasteiger partial charge on any atom is -0.367 e. The van der Waals surface area contributed by atoms with Crippen molar-refractivity contribution in [3.63, 3.8) is 0 Å². The highest BCUT2D eigenvalue weighted by atomic mass is 16.1. The number of nitrogens with one attached hydrogen (secondary N) is 1. The number of aromatic nitrogens is 6. The molecule has 9 nitrogen and oxygen atoms in total. The van der Waals surface area contributed by atoms with Crippen LogP contribution in [0.15, 0.2) is 23.1 Å². The van der Waals surface area contributed by atoms with Gasteiger partial charge >= 0.3 is 0 Å². The standard InChI is InChI=1S/C18H24N8O/c1-12-21-17(14-11-20-25(3)18(14)22-12)19-10-13-6-4-5-9-26(13)15-7-8-16(27)24(2)23-15/h7-8,11,13H,4-6,9-10H2,1-3H3,(H,19,21,22). The van der Waals surface area contributed by atoms with E-state index in [9.17, 15) is 4.79 Å². The Hall–Kier alpha value is -2.97. The summed E-state index contributed by atoms with van der Waals surface area (Å²) in [6, 6.07) is 3.68. The summed E-state index contributed by atoms with van der Waals surface area (Å²) in [5.41, 5.74) is 0.728. The van der Waals surface area contributed by atoms with Gasteiger partial charge in [-0.3, -0.25) is 9.48 Å². The second-order valence-corrected chi connectivity index (χ2v) is 7.00. The van der Waals surface area contributed by atoms with Gasteiger partial charge in [-0.1, -0.05) is 0 Å². The first kappa shape index (κ1) is 17.4. The van der Waals surface area contributed by atoms with Crippen LogP contribution < -0.4 is 15.8 Å². The molecule has 1 aliphatic rings. The van der Waals surface area contributed by atoms with Crippen molar-refractivity contribution < 1.29 is 0 Å². The lowest BCUT2D eigenvalue weighted by atomic mass is 10.0. The Morgan fingerprint density at radius 3 is 2.85 bits per heavy atom. The summed E-state index contributed by atoms with van der Waals surface area (Å²) in [6.07, 6.45) is 5.17. The predicted octanol–water partition coefficient (Wildman–Crippen LogP) is 1.24. The average molecular weight is 368 g/mol. The lowest BCUT2D eigenvalue weighted by molar-refractivity contribution is 0.464. The summed E-state index contributed by atoms with van der Waals surface area (Å²) in [5.74, 6) is 2.37. The summed E-state index contributed by atoms with van der Waals surface area (Å²) >= 11 is 0. The molecule has 0 bridgehead atoms. The van der Waals surface area contributed by atoms with E-state index in [1.54, 1.807) is 24.0 Å². The minimum atomic E-state index is -0.0964. The van der Waals surface area contributed by atoms with Gasteiger partial charge in [0.1, 0.15) is 17.5 Å². The molecule has 3 aromatic heterocycles. The van der Waals surface area contributed by atoms with E-state index >= 15 is 0 Å². The second-order valence-electron chi connectivity index (χ2n) is 7.00. The molecule has 0 aliphatic carbocycles.